The molecule has 1 aliphatic heterocycles. The van der Waals surface area contributed by atoms with Crippen LogP contribution in [0.4, 0.5) is 13.2 Å². The second-order valence-electron chi connectivity index (χ2n) is 4.07. The van der Waals surface area contributed by atoms with Crippen LogP contribution in [0, 0.1) is 17.8 Å². The smallest absolute Gasteiger partial charge is 0.475 e. The zero-order valence-electron chi connectivity index (χ0n) is 9.66. The summed E-state index contributed by atoms with van der Waals surface area (Å²) < 4.78 is 36.7. The van der Waals surface area contributed by atoms with E-state index in [4.69, 9.17) is 14.6 Å². The average Bonchev–Trinajstić information content (AvgIpc) is 2.73. The lowest BCUT2D eigenvalue weighted by Crippen LogP contribution is -2.21. The molecule has 0 spiro atoms. The van der Waals surface area contributed by atoms with Gasteiger partial charge in [0.2, 0.25) is 0 Å². The minimum absolute atomic E-state index is 0.0176. The maximum absolute atomic E-state index is 11.2. The molecule has 2 rings (SSSR count). The lowest BCUT2D eigenvalue weighted by molar-refractivity contribution is -0.192. The van der Waals surface area contributed by atoms with Gasteiger partial charge in [0.05, 0.1) is 12.5 Å². The molecule has 0 bridgehead atoms. The van der Waals surface area contributed by atoms with Crippen LogP contribution < -0.4 is 5.32 Å². The lowest BCUT2D eigenvalue weighted by Gasteiger charge is -2.03. The number of halogens is 3. The van der Waals surface area contributed by atoms with Crippen molar-refractivity contribution in [2.75, 3.05) is 19.7 Å². The molecule has 0 aromatic rings. The van der Waals surface area contributed by atoms with Gasteiger partial charge in [-0.1, -0.05) is 0 Å². The van der Waals surface area contributed by atoms with Crippen LogP contribution in [-0.2, 0) is 14.3 Å². The van der Waals surface area contributed by atoms with Crippen LogP contribution in [0.3, 0.4) is 0 Å². The van der Waals surface area contributed by atoms with Crippen LogP contribution in [0.25, 0.3) is 0 Å². The number of fused-ring (bicyclic) bond motifs is 1. The molecule has 0 radical (unpaired) electrons. The molecule has 18 heavy (non-hydrogen) atoms. The second-order valence-corrected chi connectivity index (χ2v) is 4.07. The van der Waals surface area contributed by atoms with Gasteiger partial charge in [0.15, 0.2) is 0 Å². The SMILES string of the molecule is CCOC(=O)C1[C@H]2CNC[C@@H]12.O=C(O)C(F)(F)F. The normalized spacial score (nSPS) is 28.8. The van der Waals surface area contributed by atoms with E-state index in [1.165, 1.54) is 0 Å². The van der Waals surface area contributed by atoms with Crippen molar-refractivity contribution in [1.82, 2.24) is 5.32 Å². The van der Waals surface area contributed by atoms with E-state index in [0.29, 0.717) is 18.4 Å². The van der Waals surface area contributed by atoms with Crippen LogP contribution in [0.1, 0.15) is 6.92 Å². The van der Waals surface area contributed by atoms with Crippen molar-refractivity contribution in [3.05, 3.63) is 0 Å². The number of carbonyl (C=O) groups is 2. The van der Waals surface area contributed by atoms with Gasteiger partial charge in [-0.2, -0.15) is 13.2 Å². The molecular weight excluding hydrogens is 255 g/mol. The van der Waals surface area contributed by atoms with Gasteiger partial charge in [0, 0.05) is 0 Å². The van der Waals surface area contributed by atoms with E-state index in [1.54, 1.807) is 0 Å². The van der Waals surface area contributed by atoms with Crippen molar-refractivity contribution in [2.45, 2.75) is 13.1 Å². The summed E-state index contributed by atoms with van der Waals surface area (Å²) in [5.74, 6) is -1.32. The topological polar surface area (TPSA) is 75.6 Å². The van der Waals surface area contributed by atoms with Crippen molar-refractivity contribution in [3.63, 3.8) is 0 Å². The number of carboxylic acid groups (broad SMARTS) is 1. The molecule has 2 N–H and O–H groups in total. The largest absolute Gasteiger partial charge is 0.490 e. The Balaban J connectivity index is 0.000000203. The molecule has 0 amide bonds. The zero-order chi connectivity index (χ0) is 13.9. The highest BCUT2D eigenvalue weighted by Gasteiger charge is 2.57. The number of carboxylic acids is 1. The number of alkyl halides is 3. The number of piperidine rings is 1. The molecule has 5 nitrogen and oxygen atoms in total. The molecule has 1 saturated heterocycles. The van der Waals surface area contributed by atoms with Crippen LogP contribution in [0.5, 0.6) is 0 Å². The van der Waals surface area contributed by atoms with Crippen molar-refractivity contribution in [2.24, 2.45) is 17.8 Å². The maximum Gasteiger partial charge on any atom is 0.490 e. The van der Waals surface area contributed by atoms with Gasteiger partial charge in [-0.25, -0.2) is 4.79 Å². The second kappa shape index (κ2) is 5.55. The monoisotopic (exact) mass is 269 g/mol. The van der Waals surface area contributed by atoms with E-state index in [0.717, 1.165) is 13.1 Å². The van der Waals surface area contributed by atoms with Crippen LogP contribution in [-0.4, -0.2) is 42.9 Å². The number of hydrogen-bond donors (Lipinski definition) is 2. The predicted octanol–water partition coefficient (Wildman–Crippen LogP) is 0.648. The quantitative estimate of drug-likeness (QED) is 0.720. The summed E-state index contributed by atoms with van der Waals surface area (Å²) in [6.07, 6.45) is -5.08. The van der Waals surface area contributed by atoms with Crippen molar-refractivity contribution in [1.29, 1.82) is 0 Å². The van der Waals surface area contributed by atoms with E-state index < -0.39 is 12.1 Å². The number of rotatable bonds is 2. The molecule has 0 aromatic carbocycles. The molecule has 1 unspecified atom stereocenters. The summed E-state index contributed by atoms with van der Waals surface area (Å²) >= 11 is 0. The maximum atomic E-state index is 11.2. The summed E-state index contributed by atoms with van der Waals surface area (Å²) in [6.45, 7) is 4.39. The average molecular weight is 269 g/mol. The third-order valence-electron chi connectivity index (χ3n) is 2.89. The molecule has 0 aromatic heterocycles. The standard InChI is InChI=1S/C8H13NO2.C2HF3O2/c1-2-11-8(10)7-5-3-9-4-6(5)7;3-2(4,5)1(6)7/h5-7,9H,2-4H2,1H3;(H,6,7)/t5-,6+,7?;. The van der Waals surface area contributed by atoms with Gasteiger partial charge in [-0.15, -0.1) is 0 Å². The molecule has 2 aliphatic rings. The van der Waals surface area contributed by atoms with E-state index in [9.17, 15) is 18.0 Å². The summed E-state index contributed by atoms with van der Waals surface area (Å²) in [4.78, 5) is 20.1. The van der Waals surface area contributed by atoms with Crippen LogP contribution in [0.15, 0.2) is 0 Å². The highest BCUT2D eigenvalue weighted by molar-refractivity contribution is 5.77. The van der Waals surface area contributed by atoms with E-state index in [2.05, 4.69) is 5.32 Å². The lowest BCUT2D eigenvalue weighted by atomic mass is 10.3. The first kappa shape index (κ1) is 14.7. The number of ether oxygens (including phenoxy) is 1. The molecule has 3 atom stereocenters. The highest BCUT2D eigenvalue weighted by Crippen LogP contribution is 2.49. The fourth-order valence-corrected chi connectivity index (χ4v) is 2.01. The Bertz CT molecular complexity index is 322. The molecule has 8 heteroatoms. The van der Waals surface area contributed by atoms with Crippen molar-refractivity contribution in [3.8, 4) is 0 Å². The summed E-state index contributed by atoms with van der Waals surface area (Å²) in [5, 5.41) is 10.4. The summed E-state index contributed by atoms with van der Waals surface area (Å²) in [6, 6.07) is 0. The van der Waals surface area contributed by atoms with Gasteiger partial charge in [-0.05, 0) is 31.8 Å². The third kappa shape index (κ3) is 3.59. The molecule has 1 aliphatic carbocycles. The number of nitrogens with one attached hydrogen (secondary N) is 1. The molecule has 1 saturated carbocycles. The first-order valence-corrected chi connectivity index (χ1v) is 5.46. The van der Waals surface area contributed by atoms with Gasteiger partial charge in [0.25, 0.3) is 0 Å². The molecular formula is C10H14F3NO4. The highest BCUT2D eigenvalue weighted by atomic mass is 19.4. The molecule has 1 heterocycles. The first-order chi connectivity index (χ1) is 8.29. The fourth-order valence-electron chi connectivity index (χ4n) is 2.01. The van der Waals surface area contributed by atoms with E-state index in [-0.39, 0.29) is 11.9 Å². The summed E-state index contributed by atoms with van der Waals surface area (Å²) in [5.41, 5.74) is 0. The van der Waals surface area contributed by atoms with Gasteiger partial charge < -0.3 is 15.2 Å². The Morgan fingerprint density at radius 2 is 1.78 bits per heavy atom. The minimum Gasteiger partial charge on any atom is -0.475 e. The summed E-state index contributed by atoms with van der Waals surface area (Å²) in [7, 11) is 0. The van der Waals surface area contributed by atoms with Crippen LogP contribution in [0.2, 0.25) is 0 Å². The van der Waals surface area contributed by atoms with Crippen LogP contribution >= 0.6 is 0 Å². The Labute approximate surface area is 101 Å². The Kier molecular flexibility index (Phi) is 4.55. The van der Waals surface area contributed by atoms with E-state index in [1.807, 2.05) is 6.92 Å². The zero-order valence-corrected chi connectivity index (χ0v) is 9.66. The Hall–Kier alpha value is -1.31. The molecule has 104 valence electrons. The number of carbonyl (C=O) groups excluding carboxylic acids is 1. The van der Waals surface area contributed by atoms with Gasteiger partial charge in [0.1, 0.15) is 0 Å². The molecule has 2 fully saturated rings. The Morgan fingerprint density at radius 1 is 1.33 bits per heavy atom. The fraction of sp³-hybridized carbons (Fsp3) is 0.800. The minimum atomic E-state index is -5.08. The number of esters is 1. The van der Waals surface area contributed by atoms with Crippen molar-refractivity contribution >= 4 is 11.9 Å². The number of hydrogen-bond acceptors (Lipinski definition) is 4. The van der Waals surface area contributed by atoms with E-state index >= 15 is 0 Å². The van der Waals surface area contributed by atoms with Crippen molar-refractivity contribution < 1.29 is 32.6 Å². The van der Waals surface area contributed by atoms with Gasteiger partial charge >= 0.3 is 18.1 Å². The first-order valence-electron chi connectivity index (χ1n) is 5.46. The van der Waals surface area contributed by atoms with Gasteiger partial charge in [-0.3, -0.25) is 4.79 Å². The Morgan fingerprint density at radius 3 is 2.11 bits per heavy atom. The predicted molar refractivity (Wildman–Crippen MR) is 53.7 cm³/mol. The number of aliphatic carboxylic acids is 1. The third-order valence-corrected chi connectivity index (χ3v) is 2.89.